The van der Waals surface area contributed by atoms with Crippen molar-refractivity contribution in [1.29, 1.82) is 0 Å². The first-order valence-corrected chi connectivity index (χ1v) is 5.75. The lowest BCUT2D eigenvalue weighted by Crippen LogP contribution is -2.24. The van der Waals surface area contributed by atoms with Crippen LogP contribution in [-0.2, 0) is 0 Å². The smallest absolute Gasteiger partial charge is 0.252 e. The molecule has 0 bridgehead atoms. The highest BCUT2D eigenvalue weighted by Gasteiger charge is 2.05. The molecule has 2 N–H and O–H groups in total. The topological polar surface area (TPSA) is 54.0 Å². The lowest BCUT2D eigenvalue weighted by molar-refractivity contribution is 0.0953. The van der Waals surface area contributed by atoms with Crippen LogP contribution in [0.3, 0.4) is 0 Å². The summed E-state index contributed by atoms with van der Waals surface area (Å²) in [5.74, 6) is -0.0606. The van der Waals surface area contributed by atoms with E-state index in [-0.39, 0.29) is 5.91 Å². The first-order valence-electron chi connectivity index (χ1n) is 5.75. The minimum atomic E-state index is -0.0606. The van der Waals surface area contributed by atoms with Gasteiger partial charge in [-0.25, -0.2) is 0 Å². The molecule has 0 aliphatic carbocycles. The zero-order valence-corrected chi connectivity index (χ0v) is 9.92. The molecular weight excluding hydrogens is 202 g/mol. The highest BCUT2D eigenvalue weighted by Crippen LogP contribution is 2.08. The Morgan fingerprint density at radius 1 is 1.25 bits per heavy atom. The van der Waals surface area contributed by atoms with Crippen molar-refractivity contribution in [2.75, 3.05) is 18.4 Å². The maximum absolute atomic E-state index is 11.7. The van der Waals surface area contributed by atoms with Crippen LogP contribution >= 0.6 is 0 Å². The summed E-state index contributed by atoms with van der Waals surface area (Å²) in [5, 5.41) is 6.03. The largest absolute Gasteiger partial charge is 0.384 e. The molecule has 1 aromatic heterocycles. The highest BCUT2D eigenvalue weighted by molar-refractivity contribution is 5.94. The molecule has 0 atom stereocenters. The van der Waals surface area contributed by atoms with Crippen molar-refractivity contribution in [2.24, 2.45) is 0 Å². The SMILES string of the molecule is CCCNC(=O)c1cncc(NCCC)c1. The van der Waals surface area contributed by atoms with Crippen molar-refractivity contribution in [3.05, 3.63) is 24.0 Å². The van der Waals surface area contributed by atoms with E-state index in [0.717, 1.165) is 25.1 Å². The molecule has 0 aliphatic heterocycles. The van der Waals surface area contributed by atoms with Crippen molar-refractivity contribution in [2.45, 2.75) is 26.7 Å². The van der Waals surface area contributed by atoms with Crippen LogP contribution in [0.4, 0.5) is 5.69 Å². The van der Waals surface area contributed by atoms with E-state index in [1.54, 1.807) is 12.4 Å². The average Bonchev–Trinajstić information content (AvgIpc) is 2.33. The predicted octanol–water partition coefficient (Wildman–Crippen LogP) is 2.04. The van der Waals surface area contributed by atoms with Crippen LogP contribution in [0.2, 0.25) is 0 Å². The van der Waals surface area contributed by atoms with E-state index in [1.807, 2.05) is 13.0 Å². The summed E-state index contributed by atoms with van der Waals surface area (Å²) in [6.07, 6.45) is 5.30. The molecule has 88 valence electrons. The van der Waals surface area contributed by atoms with Gasteiger partial charge < -0.3 is 10.6 Å². The molecule has 1 amide bonds. The maximum atomic E-state index is 11.7. The van der Waals surface area contributed by atoms with Crippen LogP contribution in [-0.4, -0.2) is 24.0 Å². The molecule has 1 rings (SSSR count). The van der Waals surface area contributed by atoms with E-state index < -0.39 is 0 Å². The van der Waals surface area contributed by atoms with Gasteiger partial charge in [0.05, 0.1) is 11.3 Å². The number of carbonyl (C=O) groups is 1. The molecule has 0 fully saturated rings. The first-order chi connectivity index (χ1) is 7.77. The number of amides is 1. The minimum Gasteiger partial charge on any atom is -0.384 e. The first kappa shape index (κ1) is 12.5. The third kappa shape index (κ3) is 3.88. The molecule has 1 heterocycles. The van der Waals surface area contributed by atoms with Crippen LogP contribution in [0.25, 0.3) is 0 Å². The van der Waals surface area contributed by atoms with Gasteiger partial charge in [0.15, 0.2) is 0 Å². The second-order valence-electron chi connectivity index (χ2n) is 3.64. The average molecular weight is 221 g/mol. The fourth-order valence-electron chi connectivity index (χ4n) is 1.27. The Morgan fingerprint density at radius 2 is 2.00 bits per heavy atom. The Balaban J connectivity index is 2.62. The summed E-state index contributed by atoms with van der Waals surface area (Å²) >= 11 is 0. The van der Waals surface area contributed by atoms with Gasteiger partial charge in [-0.05, 0) is 18.9 Å². The molecule has 0 unspecified atom stereocenters. The number of anilines is 1. The van der Waals surface area contributed by atoms with Gasteiger partial charge >= 0.3 is 0 Å². The normalized spacial score (nSPS) is 9.88. The van der Waals surface area contributed by atoms with Crippen molar-refractivity contribution >= 4 is 11.6 Å². The third-order valence-corrected chi connectivity index (χ3v) is 2.12. The van der Waals surface area contributed by atoms with Crippen LogP contribution in [0.5, 0.6) is 0 Å². The van der Waals surface area contributed by atoms with E-state index in [9.17, 15) is 4.79 Å². The van der Waals surface area contributed by atoms with E-state index >= 15 is 0 Å². The molecule has 1 aromatic rings. The third-order valence-electron chi connectivity index (χ3n) is 2.12. The monoisotopic (exact) mass is 221 g/mol. The van der Waals surface area contributed by atoms with E-state index in [2.05, 4.69) is 22.5 Å². The van der Waals surface area contributed by atoms with Gasteiger partial charge in [0.25, 0.3) is 5.91 Å². The number of rotatable bonds is 6. The molecule has 16 heavy (non-hydrogen) atoms. The summed E-state index contributed by atoms with van der Waals surface area (Å²) in [4.78, 5) is 15.7. The Kier molecular flexibility index (Phi) is 5.32. The number of pyridine rings is 1. The van der Waals surface area contributed by atoms with Gasteiger partial charge in [-0.1, -0.05) is 13.8 Å². The van der Waals surface area contributed by atoms with Crippen LogP contribution in [0.15, 0.2) is 18.5 Å². The van der Waals surface area contributed by atoms with Gasteiger partial charge in [0.1, 0.15) is 0 Å². The fourth-order valence-corrected chi connectivity index (χ4v) is 1.27. The summed E-state index contributed by atoms with van der Waals surface area (Å²) in [6, 6.07) is 1.83. The van der Waals surface area contributed by atoms with Crippen LogP contribution in [0.1, 0.15) is 37.0 Å². The van der Waals surface area contributed by atoms with Crippen molar-refractivity contribution in [1.82, 2.24) is 10.3 Å². The number of nitrogens with one attached hydrogen (secondary N) is 2. The summed E-state index contributed by atoms with van der Waals surface area (Å²) in [7, 11) is 0. The zero-order chi connectivity index (χ0) is 11.8. The quantitative estimate of drug-likeness (QED) is 0.773. The van der Waals surface area contributed by atoms with Crippen molar-refractivity contribution < 1.29 is 4.79 Å². The lowest BCUT2D eigenvalue weighted by Gasteiger charge is -2.07. The number of nitrogens with zero attached hydrogens (tertiary/aromatic N) is 1. The number of hydrogen-bond acceptors (Lipinski definition) is 3. The number of carbonyl (C=O) groups excluding carboxylic acids is 1. The van der Waals surface area contributed by atoms with Crippen LogP contribution < -0.4 is 10.6 Å². The van der Waals surface area contributed by atoms with Gasteiger partial charge in [0, 0.05) is 25.5 Å². The maximum Gasteiger partial charge on any atom is 0.252 e. The van der Waals surface area contributed by atoms with Crippen molar-refractivity contribution in [3.8, 4) is 0 Å². The minimum absolute atomic E-state index is 0.0606. The second kappa shape index (κ2) is 6.82. The van der Waals surface area contributed by atoms with E-state index in [0.29, 0.717) is 12.1 Å². The van der Waals surface area contributed by atoms with Gasteiger partial charge in [0.2, 0.25) is 0 Å². The van der Waals surface area contributed by atoms with Gasteiger partial charge in [-0.15, -0.1) is 0 Å². The van der Waals surface area contributed by atoms with E-state index in [1.165, 1.54) is 0 Å². The van der Waals surface area contributed by atoms with Crippen molar-refractivity contribution in [3.63, 3.8) is 0 Å². The van der Waals surface area contributed by atoms with Crippen LogP contribution in [0, 0.1) is 0 Å². The number of hydrogen-bond donors (Lipinski definition) is 2. The highest BCUT2D eigenvalue weighted by atomic mass is 16.1. The van der Waals surface area contributed by atoms with Gasteiger partial charge in [-0.3, -0.25) is 9.78 Å². The van der Waals surface area contributed by atoms with Gasteiger partial charge in [-0.2, -0.15) is 0 Å². The Morgan fingerprint density at radius 3 is 2.69 bits per heavy atom. The fraction of sp³-hybridized carbons (Fsp3) is 0.500. The molecule has 0 aliphatic rings. The Bertz CT molecular complexity index is 339. The summed E-state index contributed by atoms with van der Waals surface area (Å²) in [6.45, 7) is 5.71. The second-order valence-corrected chi connectivity index (χ2v) is 3.64. The molecule has 0 saturated carbocycles. The summed E-state index contributed by atoms with van der Waals surface area (Å²) in [5.41, 5.74) is 1.50. The Hall–Kier alpha value is -1.58. The molecule has 0 radical (unpaired) electrons. The molecule has 0 spiro atoms. The standard InChI is InChI=1S/C12H19N3O/c1-3-5-14-11-7-10(8-13-9-11)12(16)15-6-4-2/h7-9,14H,3-6H2,1-2H3,(H,15,16). The molecular formula is C12H19N3O. The predicted molar refractivity (Wildman–Crippen MR) is 65.6 cm³/mol. The summed E-state index contributed by atoms with van der Waals surface area (Å²) < 4.78 is 0. The molecule has 4 nitrogen and oxygen atoms in total. The zero-order valence-electron chi connectivity index (χ0n) is 9.92. The lowest BCUT2D eigenvalue weighted by atomic mass is 10.2. The van der Waals surface area contributed by atoms with E-state index in [4.69, 9.17) is 0 Å². The number of aromatic nitrogens is 1. The Labute approximate surface area is 96.5 Å². The molecule has 0 aromatic carbocycles. The molecule has 4 heteroatoms. The molecule has 0 saturated heterocycles.